The molecule has 54 heavy (non-hydrogen) atoms. The van der Waals surface area contributed by atoms with Crippen LogP contribution in [-0.4, -0.2) is 33.8 Å². The van der Waals surface area contributed by atoms with E-state index in [0.717, 1.165) is 72.8 Å². The Labute approximate surface area is 340 Å². The van der Waals surface area contributed by atoms with Crippen molar-refractivity contribution >= 4 is 118 Å². The Kier molecular flexibility index (Phi) is 12.2. The Morgan fingerprint density at radius 2 is 0.870 bits per heavy atom. The summed E-state index contributed by atoms with van der Waals surface area (Å²) in [6.07, 6.45) is 0. The molecule has 0 aromatic heterocycles. The number of sulfonamides is 2. The van der Waals surface area contributed by atoms with Crippen LogP contribution in [0.25, 0.3) is 0 Å². The number of methoxy groups -OCH3 is 1. The van der Waals surface area contributed by atoms with E-state index in [1.54, 1.807) is 0 Å². The molecule has 0 fully saturated rings. The fourth-order valence-electron chi connectivity index (χ4n) is 4.53. The van der Waals surface area contributed by atoms with Crippen molar-refractivity contribution in [2.45, 2.75) is 9.79 Å². The number of non-ortho nitro benzene ring substituents is 2. The third-order valence-electron chi connectivity index (χ3n) is 7.00. The minimum absolute atomic E-state index is 0.0246. The first-order valence-electron chi connectivity index (χ1n) is 14.1. The fraction of sp³-hybridized carbons (Fsp3) is 0.0323. The van der Waals surface area contributed by atoms with E-state index in [4.69, 9.17) is 95.4 Å². The summed E-state index contributed by atoms with van der Waals surface area (Å²) in [5.74, 6) is -0.828. The molecule has 0 atom stereocenters. The van der Waals surface area contributed by atoms with Crippen LogP contribution in [0.4, 0.5) is 17.1 Å². The van der Waals surface area contributed by atoms with Crippen LogP contribution in [0.3, 0.4) is 0 Å². The van der Waals surface area contributed by atoms with Crippen LogP contribution in [0.2, 0.25) is 35.2 Å². The van der Waals surface area contributed by atoms with Gasteiger partial charge in [-0.15, -0.1) is 0 Å². The second kappa shape index (κ2) is 16.0. The standard InChI is InChI=1S/C31H16Cl7N3O11S2/c1-50-27-5-4-17(10-20(27)32)41(53(46,47)18-11-23(35)30(24(36)12-18)51-28-6-2-15(39(42)43)8-21(28)33)54(48,49)19-13-25(37)31(26(38)14-19)52-29-7-3-16(40(44)45)9-22(29)34/h2-14H,1H3. The maximum Gasteiger partial charge on any atom is 0.277 e. The molecule has 0 saturated heterocycles. The molecule has 14 nitrogen and oxygen atoms in total. The molecule has 5 rings (SSSR count). The first kappa shape index (κ1) is 41.2. The van der Waals surface area contributed by atoms with Crippen molar-refractivity contribution < 1.29 is 40.9 Å². The number of hydrogen-bond acceptors (Lipinski definition) is 11. The predicted octanol–water partition coefficient (Wildman–Crippen LogP) is 11.3. The molecule has 0 aliphatic rings. The number of nitro benzene ring substituents is 2. The Bertz CT molecular complexity index is 2400. The van der Waals surface area contributed by atoms with Crippen molar-refractivity contribution in [3.63, 3.8) is 0 Å². The summed E-state index contributed by atoms with van der Waals surface area (Å²) in [6.45, 7) is 0. The molecule has 0 N–H and O–H groups in total. The smallest absolute Gasteiger partial charge is 0.277 e. The van der Waals surface area contributed by atoms with Gasteiger partial charge in [0.25, 0.3) is 31.4 Å². The van der Waals surface area contributed by atoms with Gasteiger partial charge in [0.2, 0.25) is 0 Å². The van der Waals surface area contributed by atoms with E-state index in [1.807, 2.05) is 0 Å². The van der Waals surface area contributed by atoms with Gasteiger partial charge in [0.05, 0.1) is 67.6 Å². The summed E-state index contributed by atoms with van der Waals surface area (Å²) < 4.78 is 74.1. The van der Waals surface area contributed by atoms with Gasteiger partial charge in [-0.05, 0) is 54.6 Å². The minimum Gasteiger partial charge on any atom is -0.495 e. The molecule has 282 valence electrons. The maximum absolute atomic E-state index is 14.4. The molecular formula is C31H16Cl7N3O11S2. The summed E-state index contributed by atoms with van der Waals surface area (Å²) in [7, 11) is -9.17. The zero-order valence-electron chi connectivity index (χ0n) is 26.3. The quantitative estimate of drug-likeness (QED) is 0.0856. The Balaban J connectivity index is 1.61. The highest BCUT2D eigenvalue weighted by atomic mass is 35.5. The Morgan fingerprint density at radius 1 is 0.519 bits per heavy atom. The monoisotopic (exact) mass is 915 g/mol. The minimum atomic E-state index is -5.22. The lowest BCUT2D eigenvalue weighted by molar-refractivity contribution is -0.385. The highest BCUT2D eigenvalue weighted by molar-refractivity contribution is 8.10. The van der Waals surface area contributed by atoms with Crippen LogP contribution >= 0.6 is 81.2 Å². The van der Waals surface area contributed by atoms with Gasteiger partial charge >= 0.3 is 0 Å². The molecular weight excluding hydrogens is 903 g/mol. The molecule has 0 amide bonds. The van der Waals surface area contributed by atoms with Crippen LogP contribution in [-0.2, 0) is 20.0 Å². The predicted molar refractivity (Wildman–Crippen MR) is 204 cm³/mol. The van der Waals surface area contributed by atoms with Gasteiger partial charge in [0.15, 0.2) is 11.5 Å². The lowest BCUT2D eigenvalue weighted by atomic mass is 10.3. The summed E-state index contributed by atoms with van der Waals surface area (Å²) in [4.78, 5) is 19.3. The van der Waals surface area contributed by atoms with Crippen molar-refractivity contribution in [1.29, 1.82) is 0 Å². The molecule has 0 bridgehead atoms. The zero-order chi connectivity index (χ0) is 39.9. The lowest BCUT2D eigenvalue weighted by Gasteiger charge is -2.25. The number of nitrogens with zero attached hydrogens (tertiary/aromatic N) is 3. The van der Waals surface area contributed by atoms with Gasteiger partial charge in [-0.25, -0.2) is 16.8 Å². The topological polar surface area (TPSA) is 185 Å². The molecule has 0 spiro atoms. The number of nitro groups is 2. The average Bonchev–Trinajstić information content (AvgIpc) is 3.08. The van der Waals surface area contributed by atoms with E-state index in [2.05, 4.69) is 0 Å². The third-order valence-corrected chi connectivity index (χ3v) is 13.1. The third kappa shape index (κ3) is 8.32. The number of anilines is 1. The second-order valence-electron chi connectivity index (χ2n) is 10.4. The van der Waals surface area contributed by atoms with E-state index in [1.165, 1.54) is 13.2 Å². The van der Waals surface area contributed by atoms with Crippen LogP contribution < -0.4 is 17.9 Å². The molecule has 0 saturated carbocycles. The molecule has 23 heteroatoms. The Hall–Kier alpha value is -3.97. The molecule has 5 aromatic rings. The van der Waals surface area contributed by atoms with E-state index in [9.17, 15) is 37.1 Å². The van der Waals surface area contributed by atoms with E-state index in [-0.39, 0.29) is 58.9 Å². The van der Waals surface area contributed by atoms with Gasteiger partial charge in [0, 0.05) is 24.3 Å². The molecule has 0 radical (unpaired) electrons. The Morgan fingerprint density at radius 3 is 1.19 bits per heavy atom. The normalized spacial score (nSPS) is 11.6. The fourth-order valence-corrected chi connectivity index (χ4v) is 10.4. The van der Waals surface area contributed by atoms with Gasteiger partial charge in [-0.2, -0.15) is 3.71 Å². The molecule has 0 aliphatic heterocycles. The first-order valence-corrected chi connectivity index (χ1v) is 19.6. The van der Waals surface area contributed by atoms with Crippen molar-refractivity contribution in [3.05, 3.63) is 134 Å². The molecule has 0 aliphatic carbocycles. The van der Waals surface area contributed by atoms with E-state index >= 15 is 0 Å². The number of hydrogen-bond donors (Lipinski definition) is 0. The van der Waals surface area contributed by atoms with Crippen LogP contribution in [0, 0.1) is 20.2 Å². The van der Waals surface area contributed by atoms with E-state index in [0.29, 0.717) is 0 Å². The SMILES string of the molecule is COc1ccc(N(S(=O)(=O)c2cc(Cl)c(Oc3ccc([N+](=O)[O-])cc3Cl)c(Cl)c2)S(=O)(=O)c2cc(Cl)c(Oc3ccc([N+](=O)[O-])cc3Cl)c(Cl)c2)cc1Cl. The van der Waals surface area contributed by atoms with Crippen LogP contribution in [0.5, 0.6) is 28.7 Å². The number of benzene rings is 5. The van der Waals surface area contributed by atoms with Crippen LogP contribution in [0.1, 0.15) is 0 Å². The van der Waals surface area contributed by atoms with Gasteiger partial charge in [0.1, 0.15) is 17.2 Å². The number of rotatable bonds is 12. The number of halogens is 7. The van der Waals surface area contributed by atoms with E-state index < -0.39 is 65.5 Å². The van der Waals surface area contributed by atoms with Crippen molar-refractivity contribution in [1.82, 2.24) is 0 Å². The highest BCUT2D eigenvalue weighted by Crippen LogP contribution is 2.45. The number of ether oxygens (including phenoxy) is 3. The van der Waals surface area contributed by atoms with Gasteiger partial charge in [-0.3, -0.25) is 20.2 Å². The lowest BCUT2D eigenvalue weighted by Crippen LogP contribution is -2.37. The van der Waals surface area contributed by atoms with Crippen LogP contribution in [0.15, 0.2) is 88.7 Å². The highest BCUT2D eigenvalue weighted by Gasteiger charge is 2.39. The summed E-state index contributed by atoms with van der Waals surface area (Å²) in [5.41, 5.74) is -1.19. The molecule has 0 unspecified atom stereocenters. The molecule has 5 aromatic carbocycles. The van der Waals surface area contributed by atoms with Crippen molar-refractivity contribution in [3.8, 4) is 28.7 Å². The van der Waals surface area contributed by atoms with Crippen molar-refractivity contribution in [2.75, 3.05) is 10.8 Å². The second-order valence-corrected chi connectivity index (χ2v) is 17.1. The molecule has 0 heterocycles. The summed E-state index contributed by atoms with van der Waals surface area (Å²) in [5, 5.41) is 19.9. The first-order chi connectivity index (χ1) is 25.3. The summed E-state index contributed by atoms with van der Waals surface area (Å²) >= 11 is 44.2. The maximum atomic E-state index is 14.4. The summed E-state index contributed by atoms with van der Waals surface area (Å²) in [6, 6.07) is 13.2. The average molecular weight is 919 g/mol. The van der Waals surface area contributed by atoms with Gasteiger partial charge in [-0.1, -0.05) is 81.2 Å². The van der Waals surface area contributed by atoms with Gasteiger partial charge < -0.3 is 14.2 Å². The zero-order valence-corrected chi connectivity index (χ0v) is 33.2. The largest absolute Gasteiger partial charge is 0.495 e. The van der Waals surface area contributed by atoms with Crippen molar-refractivity contribution in [2.24, 2.45) is 0 Å².